The van der Waals surface area contributed by atoms with Crippen LogP contribution in [0.1, 0.15) is 11.5 Å². The second-order valence-electron chi connectivity index (χ2n) is 6.68. The van der Waals surface area contributed by atoms with Gasteiger partial charge in [-0.05, 0) is 25.1 Å². The standard InChI is InChI=1S/C21H18N6O3S/c1-3-11-26-20(16-6-4-5-14(2)12-16)23-24-21(26)31-13-18-22-19(25-30-18)15-7-9-17(10-8-15)27(28)29/h3-10,12H,1,11,13H2,2H3. The molecule has 10 heteroatoms. The van der Waals surface area contributed by atoms with E-state index in [4.69, 9.17) is 4.52 Å². The first kappa shape index (κ1) is 20.5. The normalized spacial score (nSPS) is 10.9. The van der Waals surface area contributed by atoms with Crippen molar-refractivity contribution in [1.29, 1.82) is 0 Å². The first-order chi connectivity index (χ1) is 15.0. The van der Waals surface area contributed by atoms with Gasteiger partial charge in [-0.15, -0.1) is 16.8 Å². The molecule has 0 atom stereocenters. The molecule has 0 fully saturated rings. The molecule has 31 heavy (non-hydrogen) atoms. The van der Waals surface area contributed by atoms with Gasteiger partial charge in [0.1, 0.15) is 0 Å². The number of aromatic nitrogens is 5. The van der Waals surface area contributed by atoms with Crippen molar-refractivity contribution in [3.8, 4) is 22.8 Å². The molecule has 4 aromatic rings. The maximum Gasteiger partial charge on any atom is 0.269 e. The van der Waals surface area contributed by atoms with E-state index >= 15 is 0 Å². The van der Waals surface area contributed by atoms with Crippen LogP contribution in [0.15, 0.2) is 70.9 Å². The average molecular weight is 434 g/mol. The Kier molecular flexibility index (Phi) is 5.89. The van der Waals surface area contributed by atoms with E-state index in [1.165, 1.54) is 23.9 Å². The number of nitro benzene ring substituents is 1. The van der Waals surface area contributed by atoms with Crippen LogP contribution < -0.4 is 0 Å². The summed E-state index contributed by atoms with van der Waals surface area (Å²) in [6.07, 6.45) is 1.80. The zero-order valence-corrected chi connectivity index (χ0v) is 17.5. The van der Waals surface area contributed by atoms with E-state index < -0.39 is 4.92 Å². The molecule has 0 unspecified atom stereocenters. The molecule has 0 radical (unpaired) electrons. The van der Waals surface area contributed by atoms with Gasteiger partial charge in [-0.2, -0.15) is 4.98 Å². The summed E-state index contributed by atoms with van der Waals surface area (Å²) in [6.45, 7) is 6.43. The first-order valence-electron chi connectivity index (χ1n) is 9.36. The number of allylic oxidation sites excluding steroid dienone is 1. The van der Waals surface area contributed by atoms with Crippen LogP contribution in [0.3, 0.4) is 0 Å². The van der Waals surface area contributed by atoms with E-state index in [2.05, 4.69) is 33.0 Å². The molecule has 2 aromatic carbocycles. The monoisotopic (exact) mass is 434 g/mol. The summed E-state index contributed by atoms with van der Waals surface area (Å²) in [5.74, 6) is 1.97. The van der Waals surface area contributed by atoms with Crippen molar-refractivity contribution in [2.75, 3.05) is 0 Å². The minimum Gasteiger partial charge on any atom is -0.338 e. The van der Waals surface area contributed by atoms with Crippen molar-refractivity contribution in [2.24, 2.45) is 0 Å². The van der Waals surface area contributed by atoms with Crippen molar-refractivity contribution >= 4 is 17.4 Å². The third-order valence-electron chi connectivity index (χ3n) is 4.43. The quantitative estimate of drug-likeness (QED) is 0.170. The lowest BCUT2D eigenvalue weighted by molar-refractivity contribution is -0.384. The molecule has 156 valence electrons. The number of nitrogens with zero attached hydrogens (tertiary/aromatic N) is 6. The van der Waals surface area contributed by atoms with Crippen molar-refractivity contribution in [3.63, 3.8) is 0 Å². The van der Waals surface area contributed by atoms with Crippen LogP contribution in [0.2, 0.25) is 0 Å². The highest BCUT2D eigenvalue weighted by atomic mass is 32.2. The van der Waals surface area contributed by atoms with Gasteiger partial charge in [0.25, 0.3) is 5.69 Å². The van der Waals surface area contributed by atoms with E-state index in [1.807, 2.05) is 29.7 Å². The molecule has 2 aromatic heterocycles. The highest BCUT2D eigenvalue weighted by Gasteiger charge is 2.16. The van der Waals surface area contributed by atoms with Gasteiger partial charge in [-0.3, -0.25) is 14.7 Å². The Bertz CT molecular complexity index is 1230. The summed E-state index contributed by atoms with van der Waals surface area (Å²) in [6, 6.07) is 14.1. The lowest BCUT2D eigenvalue weighted by atomic mass is 10.1. The average Bonchev–Trinajstić information content (AvgIpc) is 3.40. The predicted octanol–water partition coefficient (Wildman–Crippen LogP) is 4.69. The molecule has 0 saturated heterocycles. The van der Waals surface area contributed by atoms with Gasteiger partial charge in [0.2, 0.25) is 11.7 Å². The first-order valence-corrected chi connectivity index (χ1v) is 10.3. The molecule has 0 saturated carbocycles. The Hall–Kier alpha value is -3.79. The van der Waals surface area contributed by atoms with Crippen LogP contribution in [0.4, 0.5) is 5.69 Å². The van der Waals surface area contributed by atoms with Crippen LogP contribution in [0, 0.1) is 17.0 Å². The zero-order chi connectivity index (χ0) is 21.8. The Morgan fingerprint density at radius 1 is 1.19 bits per heavy atom. The minimum atomic E-state index is -0.452. The smallest absolute Gasteiger partial charge is 0.269 e. The fourth-order valence-corrected chi connectivity index (χ4v) is 3.76. The van der Waals surface area contributed by atoms with Crippen LogP contribution in [-0.2, 0) is 12.3 Å². The van der Waals surface area contributed by atoms with Crippen LogP contribution in [-0.4, -0.2) is 29.8 Å². The molecule has 0 amide bonds. The number of aryl methyl sites for hydroxylation is 1. The van der Waals surface area contributed by atoms with Gasteiger partial charge in [0, 0.05) is 29.8 Å². The van der Waals surface area contributed by atoms with E-state index in [-0.39, 0.29) is 5.69 Å². The Labute approximate surface area is 182 Å². The Morgan fingerprint density at radius 2 is 2.00 bits per heavy atom. The van der Waals surface area contributed by atoms with Crippen LogP contribution >= 0.6 is 11.8 Å². The largest absolute Gasteiger partial charge is 0.338 e. The Balaban J connectivity index is 1.51. The number of non-ortho nitro benzene ring substituents is 1. The number of hydrogen-bond acceptors (Lipinski definition) is 8. The second kappa shape index (κ2) is 8.92. The summed E-state index contributed by atoms with van der Waals surface area (Å²) in [7, 11) is 0. The number of hydrogen-bond donors (Lipinski definition) is 0. The summed E-state index contributed by atoms with van der Waals surface area (Å²) >= 11 is 1.43. The lowest BCUT2D eigenvalue weighted by Crippen LogP contribution is -2.01. The second-order valence-corrected chi connectivity index (χ2v) is 7.62. The molecule has 0 N–H and O–H groups in total. The van der Waals surface area contributed by atoms with E-state index in [9.17, 15) is 10.1 Å². The maximum atomic E-state index is 10.8. The third kappa shape index (κ3) is 4.53. The van der Waals surface area contributed by atoms with E-state index in [0.717, 1.165) is 17.0 Å². The van der Waals surface area contributed by atoms with Crippen molar-refractivity contribution in [2.45, 2.75) is 24.4 Å². The van der Waals surface area contributed by atoms with Gasteiger partial charge < -0.3 is 4.52 Å². The number of rotatable bonds is 8. The van der Waals surface area contributed by atoms with Gasteiger partial charge >= 0.3 is 0 Å². The zero-order valence-electron chi connectivity index (χ0n) is 16.6. The number of benzene rings is 2. The highest BCUT2D eigenvalue weighted by Crippen LogP contribution is 2.27. The SMILES string of the molecule is C=CCn1c(SCc2nc(-c3ccc([N+](=O)[O-])cc3)no2)nnc1-c1cccc(C)c1. The van der Waals surface area contributed by atoms with Crippen LogP contribution in [0.25, 0.3) is 22.8 Å². The number of nitro groups is 1. The number of thioether (sulfide) groups is 1. The van der Waals surface area contributed by atoms with Gasteiger partial charge in [0.15, 0.2) is 11.0 Å². The van der Waals surface area contributed by atoms with E-state index in [1.54, 1.807) is 18.2 Å². The van der Waals surface area contributed by atoms with Crippen molar-refractivity contribution in [3.05, 3.63) is 82.8 Å². The Morgan fingerprint density at radius 3 is 2.71 bits per heavy atom. The fourth-order valence-electron chi connectivity index (χ4n) is 2.98. The fraction of sp³-hybridized carbons (Fsp3) is 0.143. The van der Waals surface area contributed by atoms with Gasteiger partial charge in [-0.1, -0.05) is 46.8 Å². The summed E-state index contributed by atoms with van der Waals surface area (Å²) < 4.78 is 7.32. The molecule has 4 rings (SSSR count). The summed E-state index contributed by atoms with van der Waals surface area (Å²) in [5, 5.41) is 24.1. The molecule has 9 nitrogen and oxygen atoms in total. The molecule has 2 heterocycles. The van der Waals surface area contributed by atoms with E-state index in [0.29, 0.717) is 34.7 Å². The molecular weight excluding hydrogens is 416 g/mol. The molecule has 0 aliphatic rings. The molecule has 0 aliphatic carbocycles. The van der Waals surface area contributed by atoms with Gasteiger partial charge in [0.05, 0.1) is 10.7 Å². The molecule has 0 aliphatic heterocycles. The maximum absolute atomic E-state index is 10.8. The molecular formula is C21H18N6O3S. The lowest BCUT2D eigenvalue weighted by Gasteiger charge is -2.07. The molecule has 0 spiro atoms. The molecule has 0 bridgehead atoms. The van der Waals surface area contributed by atoms with Gasteiger partial charge in [-0.25, -0.2) is 0 Å². The predicted molar refractivity (Wildman–Crippen MR) is 116 cm³/mol. The minimum absolute atomic E-state index is 0.00833. The van der Waals surface area contributed by atoms with Crippen molar-refractivity contribution < 1.29 is 9.45 Å². The van der Waals surface area contributed by atoms with Crippen molar-refractivity contribution in [1.82, 2.24) is 24.9 Å². The highest BCUT2D eigenvalue weighted by molar-refractivity contribution is 7.98. The third-order valence-corrected chi connectivity index (χ3v) is 5.39. The van der Waals surface area contributed by atoms with Crippen LogP contribution in [0.5, 0.6) is 0 Å². The summed E-state index contributed by atoms with van der Waals surface area (Å²) in [4.78, 5) is 14.7. The summed E-state index contributed by atoms with van der Waals surface area (Å²) in [5.41, 5.74) is 2.78. The topological polar surface area (TPSA) is 113 Å².